The molecule has 1 saturated carbocycles. The van der Waals surface area contributed by atoms with Crippen LogP contribution in [0, 0.1) is 0 Å². The summed E-state index contributed by atoms with van der Waals surface area (Å²) in [6.45, 7) is 4.40. The van der Waals surface area contributed by atoms with Crippen molar-refractivity contribution in [2.24, 2.45) is 0 Å². The minimum Gasteiger partial charge on any atom is -0.352 e. The molecule has 27 heavy (non-hydrogen) atoms. The van der Waals surface area contributed by atoms with Gasteiger partial charge in [-0.15, -0.1) is 0 Å². The molecule has 8 nitrogen and oxygen atoms in total. The molecule has 8 heteroatoms. The molecule has 1 saturated heterocycles. The van der Waals surface area contributed by atoms with Crippen molar-refractivity contribution >= 4 is 22.8 Å². The van der Waals surface area contributed by atoms with Crippen molar-refractivity contribution in [1.29, 1.82) is 0 Å². The molecule has 144 valence electrons. The molecule has 2 aromatic rings. The number of carbonyl (C=O) groups excluding carboxylic acids is 2. The largest absolute Gasteiger partial charge is 0.352 e. The van der Waals surface area contributed by atoms with E-state index >= 15 is 0 Å². The lowest BCUT2D eigenvalue weighted by Crippen LogP contribution is -2.55. The average molecular weight is 371 g/mol. The highest BCUT2D eigenvalue weighted by molar-refractivity contribution is 5.82. The van der Waals surface area contributed by atoms with Crippen LogP contribution in [0.15, 0.2) is 29.1 Å². The monoisotopic (exact) mass is 371 g/mol. The number of para-hydroxylation sites is 2. The maximum atomic E-state index is 12.7. The maximum absolute atomic E-state index is 12.7. The van der Waals surface area contributed by atoms with Crippen molar-refractivity contribution in [3.8, 4) is 0 Å². The highest BCUT2D eigenvalue weighted by Crippen LogP contribution is 2.19. The van der Waals surface area contributed by atoms with Gasteiger partial charge in [-0.3, -0.25) is 19.1 Å². The molecular formula is C19H25N5O3. The van der Waals surface area contributed by atoms with Crippen LogP contribution in [0.2, 0.25) is 0 Å². The summed E-state index contributed by atoms with van der Waals surface area (Å²) < 4.78 is 1.48. The number of nitrogens with one attached hydrogen (secondary N) is 2. The number of amides is 2. The third-order valence-electron chi connectivity index (χ3n) is 5.49. The first kappa shape index (κ1) is 17.8. The Labute approximate surface area is 157 Å². The zero-order valence-corrected chi connectivity index (χ0v) is 15.5. The van der Waals surface area contributed by atoms with Crippen LogP contribution >= 0.6 is 0 Å². The van der Waals surface area contributed by atoms with Crippen LogP contribution < -0.4 is 11.0 Å². The molecule has 1 atom stereocenters. The minimum absolute atomic E-state index is 0.0283. The number of benzene rings is 1. The number of hydrogen-bond donors (Lipinski definition) is 2. The van der Waals surface area contributed by atoms with Gasteiger partial charge in [-0.1, -0.05) is 12.1 Å². The van der Waals surface area contributed by atoms with Gasteiger partial charge in [0, 0.05) is 32.2 Å². The van der Waals surface area contributed by atoms with Crippen LogP contribution in [-0.4, -0.2) is 69.4 Å². The third-order valence-corrected chi connectivity index (χ3v) is 5.49. The lowest BCUT2D eigenvalue weighted by Gasteiger charge is -2.37. The van der Waals surface area contributed by atoms with Gasteiger partial charge in [0.05, 0.1) is 17.1 Å². The molecule has 0 radical (unpaired) electrons. The van der Waals surface area contributed by atoms with Gasteiger partial charge in [-0.25, -0.2) is 4.79 Å². The summed E-state index contributed by atoms with van der Waals surface area (Å²) in [7, 11) is 0. The highest BCUT2D eigenvalue weighted by Gasteiger charge is 2.31. The number of fused-ring (bicyclic) bond motifs is 1. The Morgan fingerprint density at radius 1 is 1.19 bits per heavy atom. The van der Waals surface area contributed by atoms with Crippen molar-refractivity contribution in [1.82, 2.24) is 24.7 Å². The van der Waals surface area contributed by atoms with E-state index in [0.29, 0.717) is 32.2 Å². The summed E-state index contributed by atoms with van der Waals surface area (Å²) in [5.74, 6) is -0.000732. The van der Waals surface area contributed by atoms with Gasteiger partial charge in [0.1, 0.15) is 6.54 Å². The van der Waals surface area contributed by atoms with E-state index < -0.39 is 0 Å². The van der Waals surface area contributed by atoms with Crippen LogP contribution in [0.25, 0.3) is 11.0 Å². The normalized spacial score (nSPS) is 19.2. The fraction of sp³-hybridized carbons (Fsp3) is 0.526. The first-order valence-corrected chi connectivity index (χ1v) is 9.52. The molecule has 1 unspecified atom stereocenters. The lowest BCUT2D eigenvalue weighted by atomic mass is 10.2. The quantitative estimate of drug-likeness (QED) is 0.782. The van der Waals surface area contributed by atoms with Gasteiger partial charge in [0.25, 0.3) is 0 Å². The molecule has 0 spiro atoms. The summed E-state index contributed by atoms with van der Waals surface area (Å²) in [4.78, 5) is 43.7. The van der Waals surface area contributed by atoms with E-state index in [1.165, 1.54) is 4.57 Å². The van der Waals surface area contributed by atoms with Gasteiger partial charge in [0.15, 0.2) is 0 Å². The number of rotatable bonds is 5. The van der Waals surface area contributed by atoms with Gasteiger partial charge in [-0.05, 0) is 31.9 Å². The number of aromatic nitrogens is 2. The zero-order chi connectivity index (χ0) is 19.0. The molecule has 1 aliphatic heterocycles. The average Bonchev–Trinajstić information content (AvgIpc) is 3.44. The topological polar surface area (TPSA) is 90.4 Å². The van der Waals surface area contributed by atoms with E-state index in [1.807, 2.05) is 31.2 Å². The number of piperazine rings is 1. The van der Waals surface area contributed by atoms with Gasteiger partial charge in [-0.2, -0.15) is 0 Å². The SMILES string of the molecule is CC(C(=O)NC1CC1)N1CCN(C(=O)Cn2c(=O)[nH]c3ccccc32)CC1. The van der Waals surface area contributed by atoms with Crippen LogP contribution in [0.3, 0.4) is 0 Å². The van der Waals surface area contributed by atoms with Gasteiger partial charge >= 0.3 is 5.69 Å². The van der Waals surface area contributed by atoms with Crippen LogP contribution in [0.4, 0.5) is 0 Å². The molecule has 4 rings (SSSR count). The van der Waals surface area contributed by atoms with E-state index in [4.69, 9.17) is 0 Å². The van der Waals surface area contributed by atoms with Crippen molar-refractivity contribution in [3.63, 3.8) is 0 Å². The fourth-order valence-electron chi connectivity index (χ4n) is 3.57. The van der Waals surface area contributed by atoms with E-state index in [9.17, 15) is 14.4 Å². The smallest absolute Gasteiger partial charge is 0.326 e. The van der Waals surface area contributed by atoms with Gasteiger partial charge in [0.2, 0.25) is 11.8 Å². The predicted octanol–water partition coefficient (Wildman–Crippen LogP) is 0.141. The second-order valence-electron chi connectivity index (χ2n) is 7.41. The Morgan fingerprint density at radius 2 is 1.89 bits per heavy atom. The summed E-state index contributed by atoms with van der Waals surface area (Å²) in [5.41, 5.74) is 1.20. The lowest BCUT2D eigenvalue weighted by molar-refractivity contribution is -0.134. The molecule has 2 aliphatic rings. The Hall–Kier alpha value is -2.61. The van der Waals surface area contributed by atoms with Crippen molar-refractivity contribution in [2.45, 2.75) is 38.4 Å². The fourth-order valence-corrected chi connectivity index (χ4v) is 3.57. The number of nitrogens with zero attached hydrogens (tertiary/aromatic N) is 3. The second-order valence-corrected chi connectivity index (χ2v) is 7.41. The Kier molecular flexibility index (Phi) is 4.73. The molecular weight excluding hydrogens is 346 g/mol. The van der Waals surface area contributed by atoms with E-state index in [2.05, 4.69) is 15.2 Å². The zero-order valence-electron chi connectivity index (χ0n) is 15.5. The first-order valence-electron chi connectivity index (χ1n) is 9.52. The standard InChI is InChI=1S/C19H25N5O3/c1-13(18(26)20-14-6-7-14)22-8-10-23(11-9-22)17(25)12-24-16-5-3-2-4-15(16)21-19(24)27/h2-5,13-14H,6-12H2,1H3,(H,20,26)(H,21,27). The van der Waals surface area contributed by atoms with Gasteiger partial charge < -0.3 is 15.2 Å². The van der Waals surface area contributed by atoms with Crippen LogP contribution in [-0.2, 0) is 16.1 Å². The maximum Gasteiger partial charge on any atom is 0.326 e. The molecule has 2 N–H and O–H groups in total. The Bertz CT molecular complexity index is 905. The summed E-state index contributed by atoms with van der Waals surface area (Å²) in [5, 5.41) is 3.04. The number of aromatic amines is 1. The van der Waals surface area contributed by atoms with Crippen molar-refractivity contribution < 1.29 is 9.59 Å². The highest BCUT2D eigenvalue weighted by atomic mass is 16.2. The number of imidazole rings is 1. The predicted molar refractivity (Wildman–Crippen MR) is 101 cm³/mol. The third kappa shape index (κ3) is 3.75. The Morgan fingerprint density at radius 3 is 2.59 bits per heavy atom. The molecule has 1 aliphatic carbocycles. The number of carbonyl (C=O) groups is 2. The number of hydrogen-bond acceptors (Lipinski definition) is 4. The first-order chi connectivity index (χ1) is 13.0. The molecule has 0 bridgehead atoms. The molecule has 1 aromatic carbocycles. The van der Waals surface area contributed by atoms with E-state index in [-0.39, 0.29) is 30.1 Å². The van der Waals surface area contributed by atoms with E-state index in [0.717, 1.165) is 23.9 Å². The molecule has 2 fully saturated rings. The minimum atomic E-state index is -0.270. The van der Waals surface area contributed by atoms with Crippen LogP contribution in [0.1, 0.15) is 19.8 Å². The van der Waals surface area contributed by atoms with Crippen molar-refractivity contribution in [2.75, 3.05) is 26.2 Å². The summed E-state index contributed by atoms with van der Waals surface area (Å²) >= 11 is 0. The molecule has 2 amide bonds. The molecule has 2 heterocycles. The Balaban J connectivity index is 1.35. The van der Waals surface area contributed by atoms with Crippen molar-refractivity contribution in [3.05, 3.63) is 34.7 Å². The summed E-state index contributed by atoms with van der Waals surface area (Å²) in [6, 6.07) is 7.54. The molecule has 1 aromatic heterocycles. The summed E-state index contributed by atoms with van der Waals surface area (Å²) in [6.07, 6.45) is 2.15. The van der Waals surface area contributed by atoms with E-state index in [1.54, 1.807) is 4.90 Å². The van der Waals surface area contributed by atoms with Crippen LogP contribution in [0.5, 0.6) is 0 Å². The second kappa shape index (κ2) is 7.19. The number of H-pyrrole nitrogens is 1.